The van der Waals surface area contributed by atoms with Gasteiger partial charge in [-0.15, -0.1) is 0 Å². The van der Waals surface area contributed by atoms with Crippen molar-refractivity contribution in [3.63, 3.8) is 0 Å². The Kier molecular flexibility index (Phi) is 4.85. The SMILES string of the molecule is COC(=O)c1cccc(NC(=O)CN2C(=O)C(=O)c3cc(Br)ccc32)c1. The molecular formula is C18H13BrN2O5. The van der Waals surface area contributed by atoms with Crippen molar-refractivity contribution in [3.8, 4) is 0 Å². The molecule has 0 saturated carbocycles. The summed E-state index contributed by atoms with van der Waals surface area (Å²) in [5.74, 6) is -2.43. The lowest BCUT2D eigenvalue weighted by molar-refractivity contribution is -0.118. The number of methoxy groups -OCH3 is 1. The number of Topliss-reactive ketones (excluding diaryl/α,β-unsaturated/α-hetero) is 1. The van der Waals surface area contributed by atoms with Crippen LogP contribution in [0, 0.1) is 0 Å². The van der Waals surface area contributed by atoms with Crippen LogP contribution in [0.5, 0.6) is 0 Å². The molecule has 0 spiro atoms. The Balaban J connectivity index is 1.76. The maximum absolute atomic E-state index is 12.3. The van der Waals surface area contributed by atoms with Crippen molar-refractivity contribution in [1.29, 1.82) is 0 Å². The zero-order valence-electron chi connectivity index (χ0n) is 13.6. The Bertz CT molecular complexity index is 941. The van der Waals surface area contributed by atoms with Gasteiger partial charge in [0.25, 0.3) is 11.7 Å². The number of carbonyl (C=O) groups is 4. The first-order chi connectivity index (χ1) is 12.4. The highest BCUT2D eigenvalue weighted by molar-refractivity contribution is 9.10. The van der Waals surface area contributed by atoms with E-state index in [4.69, 9.17) is 0 Å². The van der Waals surface area contributed by atoms with Crippen molar-refractivity contribution in [1.82, 2.24) is 0 Å². The van der Waals surface area contributed by atoms with Crippen LogP contribution in [0.3, 0.4) is 0 Å². The van der Waals surface area contributed by atoms with Gasteiger partial charge in [-0.2, -0.15) is 0 Å². The van der Waals surface area contributed by atoms with E-state index in [9.17, 15) is 19.2 Å². The second-order valence-corrected chi connectivity index (χ2v) is 6.42. The lowest BCUT2D eigenvalue weighted by atomic mass is 10.1. The van der Waals surface area contributed by atoms with Crippen LogP contribution in [0.4, 0.5) is 11.4 Å². The molecular weight excluding hydrogens is 404 g/mol. The quantitative estimate of drug-likeness (QED) is 0.609. The Morgan fingerprint density at radius 1 is 1.15 bits per heavy atom. The summed E-state index contributed by atoms with van der Waals surface area (Å²) >= 11 is 3.25. The number of anilines is 2. The third-order valence-corrected chi connectivity index (χ3v) is 4.30. The molecule has 1 N–H and O–H groups in total. The summed E-state index contributed by atoms with van der Waals surface area (Å²) in [5, 5.41) is 2.60. The fourth-order valence-corrected chi connectivity index (χ4v) is 2.98. The van der Waals surface area contributed by atoms with Crippen LogP contribution in [-0.4, -0.2) is 37.2 Å². The molecule has 0 bridgehead atoms. The molecule has 0 unspecified atom stereocenters. The lowest BCUT2D eigenvalue weighted by Crippen LogP contribution is -2.37. The minimum absolute atomic E-state index is 0.255. The number of ether oxygens (including phenoxy) is 1. The third kappa shape index (κ3) is 3.36. The van der Waals surface area contributed by atoms with E-state index in [0.717, 1.165) is 4.90 Å². The molecule has 0 fully saturated rings. The van der Waals surface area contributed by atoms with Crippen LogP contribution in [-0.2, 0) is 14.3 Å². The molecule has 2 aromatic carbocycles. The zero-order chi connectivity index (χ0) is 18.8. The van der Waals surface area contributed by atoms with E-state index < -0.39 is 23.6 Å². The van der Waals surface area contributed by atoms with E-state index >= 15 is 0 Å². The Morgan fingerprint density at radius 3 is 2.65 bits per heavy atom. The Hall–Kier alpha value is -3.00. The van der Waals surface area contributed by atoms with Crippen molar-refractivity contribution < 1.29 is 23.9 Å². The molecule has 132 valence electrons. The molecule has 0 aliphatic carbocycles. The van der Waals surface area contributed by atoms with Gasteiger partial charge in [0.2, 0.25) is 5.91 Å². The molecule has 1 heterocycles. The number of hydrogen-bond acceptors (Lipinski definition) is 5. The molecule has 0 saturated heterocycles. The van der Waals surface area contributed by atoms with Gasteiger partial charge < -0.3 is 10.1 Å². The van der Waals surface area contributed by atoms with Crippen molar-refractivity contribution in [3.05, 3.63) is 58.1 Å². The zero-order valence-corrected chi connectivity index (χ0v) is 15.2. The summed E-state index contributed by atoms with van der Waals surface area (Å²) in [6, 6.07) is 11.1. The average molecular weight is 417 g/mol. The van der Waals surface area contributed by atoms with Crippen molar-refractivity contribution in [2.75, 3.05) is 23.9 Å². The number of rotatable bonds is 4. The minimum Gasteiger partial charge on any atom is -0.465 e. The van der Waals surface area contributed by atoms with Crippen LogP contribution in [0.25, 0.3) is 0 Å². The van der Waals surface area contributed by atoms with E-state index in [2.05, 4.69) is 26.0 Å². The van der Waals surface area contributed by atoms with Gasteiger partial charge in [-0.25, -0.2) is 4.79 Å². The van der Waals surface area contributed by atoms with E-state index in [0.29, 0.717) is 15.8 Å². The van der Waals surface area contributed by atoms with Gasteiger partial charge in [0.05, 0.1) is 23.9 Å². The van der Waals surface area contributed by atoms with Gasteiger partial charge in [-0.1, -0.05) is 22.0 Å². The van der Waals surface area contributed by atoms with Crippen LogP contribution >= 0.6 is 15.9 Å². The number of amides is 2. The lowest BCUT2D eigenvalue weighted by Gasteiger charge is -2.16. The fourth-order valence-electron chi connectivity index (χ4n) is 2.62. The van der Waals surface area contributed by atoms with Crippen LogP contribution in [0.1, 0.15) is 20.7 Å². The highest BCUT2D eigenvalue weighted by Gasteiger charge is 2.36. The minimum atomic E-state index is -0.753. The molecule has 1 aliphatic heterocycles. The number of halogens is 1. The fraction of sp³-hybridized carbons (Fsp3) is 0.111. The first kappa shape index (κ1) is 17.8. The molecule has 8 heteroatoms. The molecule has 2 amide bonds. The highest BCUT2D eigenvalue weighted by atomic mass is 79.9. The van der Waals surface area contributed by atoms with Crippen LogP contribution in [0.15, 0.2) is 46.9 Å². The smallest absolute Gasteiger partial charge is 0.337 e. The Labute approximate surface area is 157 Å². The summed E-state index contributed by atoms with van der Waals surface area (Å²) in [6.07, 6.45) is 0. The van der Waals surface area contributed by atoms with Crippen LogP contribution < -0.4 is 10.2 Å². The molecule has 0 atom stereocenters. The number of nitrogens with zero attached hydrogens (tertiary/aromatic N) is 1. The van der Waals surface area contributed by atoms with E-state index in [-0.39, 0.29) is 17.7 Å². The first-order valence-corrected chi connectivity index (χ1v) is 8.34. The van der Waals surface area contributed by atoms with Gasteiger partial charge in [-0.05, 0) is 36.4 Å². The molecule has 1 aliphatic rings. The van der Waals surface area contributed by atoms with E-state index in [1.165, 1.54) is 13.2 Å². The number of hydrogen-bond donors (Lipinski definition) is 1. The Morgan fingerprint density at radius 2 is 1.92 bits per heavy atom. The number of benzene rings is 2. The number of carbonyl (C=O) groups excluding carboxylic acids is 4. The van der Waals surface area contributed by atoms with E-state index in [1.54, 1.807) is 36.4 Å². The van der Waals surface area contributed by atoms with Gasteiger partial charge in [-0.3, -0.25) is 19.3 Å². The number of ketones is 1. The third-order valence-electron chi connectivity index (χ3n) is 3.80. The van der Waals surface area contributed by atoms with Crippen molar-refractivity contribution in [2.45, 2.75) is 0 Å². The molecule has 26 heavy (non-hydrogen) atoms. The summed E-state index contributed by atoms with van der Waals surface area (Å²) in [4.78, 5) is 49.2. The van der Waals surface area contributed by atoms with Crippen molar-refractivity contribution in [2.24, 2.45) is 0 Å². The first-order valence-electron chi connectivity index (χ1n) is 7.54. The van der Waals surface area contributed by atoms with Crippen molar-refractivity contribution >= 4 is 50.9 Å². The summed E-state index contributed by atoms with van der Waals surface area (Å²) < 4.78 is 5.30. The standard InChI is InChI=1S/C18H13BrN2O5/c1-26-18(25)10-3-2-4-12(7-10)20-15(22)9-21-14-6-5-11(19)8-13(14)16(23)17(21)24/h2-8H,9H2,1H3,(H,20,22). The normalized spacial score (nSPS) is 12.8. The number of nitrogens with one attached hydrogen (secondary N) is 1. The highest BCUT2D eigenvalue weighted by Crippen LogP contribution is 2.31. The van der Waals surface area contributed by atoms with Gasteiger partial charge >= 0.3 is 5.97 Å². The molecule has 0 aromatic heterocycles. The molecule has 2 aromatic rings. The van der Waals surface area contributed by atoms with Gasteiger partial charge in [0, 0.05) is 10.2 Å². The van der Waals surface area contributed by atoms with E-state index in [1.807, 2.05) is 0 Å². The monoisotopic (exact) mass is 416 g/mol. The predicted molar refractivity (Wildman–Crippen MR) is 97.2 cm³/mol. The average Bonchev–Trinajstić information content (AvgIpc) is 2.85. The summed E-state index contributed by atoms with van der Waals surface area (Å²) in [6.45, 7) is -0.318. The second-order valence-electron chi connectivity index (χ2n) is 5.50. The topological polar surface area (TPSA) is 92.8 Å². The van der Waals surface area contributed by atoms with Gasteiger partial charge in [0.1, 0.15) is 6.54 Å². The number of fused-ring (bicyclic) bond motifs is 1. The largest absolute Gasteiger partial charge is 0.465 e. The maximum Gasteiger partial charge on any atom is 0.337 e. The summed E-state index contributed by atoms with van der Waals surface area (Å²) in [7, 11) is 1.26. The van der Waals surface area contributed by atoms with Crippen LogP contribution in [0.2, 0.25) is 0 Å². The molecule has 7 nitrogen and oxygen atoms in total. The second kappa shape index (κ2) is 7.09. The predicted octanol–water partition coefficient (Wildman–Crippen LogP) is 2.40. The number of esters is 1. The molecule has 3 rings (SSSR count). The van der Waals surface area contributed by atoms with Gasteiger partial charge in [0.15, 0.2) is 0 Å². The molecule has 0 radical (unpaired) electrons. The summed E-state index contributed by atoms with van der Waals surface area (Å²) in [5.41, 5.74) is 1.31. The maximum atomic E-state index is 12.3.